The lowest BCUT2D eigenvalue weighted by molar-refractivity contribution is -0.731. The lowest BCUT2D eigenvalue weighted by Gasteiger charge is -2.14. The van der Waals surface area contributed by atoms with Gasteiger partial charge < -0.3 is 0 Å². The number of hydrogen-bond acceptors (Lipinski definition) is 8. The van der Waals surface area contributed by atoms with E-state index in [1.54, 1.807) is 0 Å². The van der Waals surface area contributed by atoms with Crippen LogP contribution in [0.4, 0.5) is 11.4 Å². The molecule has 13 heteroatoms. The second-order valence-corrected chi connectivity index (χ2v) is 4.18. The van der Waals surface area contributed by atoms with E-state index in [0.717, 1.165) is 13.1 Å². The van der Waals surface area contributed by atoms with Gasteiger partial charge in [-0.05, 0) is 13.0 Å². The van der Waals surface area contributed by atoms with E-state index in [-0.39, 0.29) is 25.4 Å². The van der Waals surface area contributed by atoms with Gasteiger partial charge in [0.25, 0.3) is 11.4 Å². The van der Waals surface area contributed by atoms with E-state index in [2.05, 4.69) is 0 Å². The molecule has 0 saturated heterocycles. The smallest absolute Gasteiger partial charge is 0.262 e. The van der Waals surface area contributed by atoms with Crippen LogP contribution in [0.1, 0.15) is 32.1 Å². The molecule has 0 fully saturated rings. The number of hydrazine groups is 1. The summed E-state index contributed by atoms with van der Waals surface area (Å²) in [5.41, 5.74) is -2.25. The number of nitro groups is 4. The Labute approximate surface area is 136 Å². The minimum Gasteiger partial charge on any atom is -0.262 e. The number of hydrogen-bond donors (Lipinski definition) is 0. The molecular formula is C11H17N5O8. The molecule has 134 valence electrons. The molecule has 0 amide bonds. The van der Waals surface area contributed by atoms with Gasteiger partial charge in [0, 0.05) is 5.56 Å². The first kappa shape index (κ1) is 22.9. The Balaban J connectivity index is 0. The van der Waals surface area contributed by atoms with Gasteiger partial charge in [-0.2, -0.15) is 0 Å². The molecular weight excluding hydrogens is 330 g/mol. The predicted molar refractivity (Wildman–Crippen MR) is 82.4 cm³/mol. The first-order chi connectivity index (χ1) is 10.1. The average Bonchev–Trinajstić information content (AvgIpc) is 2.37. The number of benzene rings is 1. The Hall–Kier alpha value is -3.38. The Kier molecular flexibility index (Phi) is 7.92. The van der Waals surface area contributed by atoms with Crippen molar-refractivity contribution >= 4 is 11.4 Å². The summed E-state index contributed by atoms with van der Waals surface area (Å²) in [4.78, 5) is 40.5. The van der Waals surface area contributed by atoms with Crippen molar-refractivity contribution in [3.63, 3.8) is 0 Å². The van der Waals surface area contributed by atoms with E-state index in [1.165, 1.54) is 6.92 Å². The van der Waals surface area contributed by atoms with Crippen molar-refractivity contribution in [1.82, 2.24) is 5.01 Å². The second kappa shape index (κ2) is 8.30. The Morgan fingerprint density at radius 1 is 0.917 bits per heavy atom. The highest BCUT2D eigenvalue weighted by atomic mass is 16.7. The van der Waals surface area contributed by atoms with Gasteiger partial charge in [-0.3, -0.25) is 30.3 Å². The van der Waals surface area contributed by atoms with Crippen LogP contribution in [0.25, 0.3) is 0 Å². The summed E-state index contributed by atoms with van der Waals surface area (Å²) < 4.78 is 0. The molecule has 24 heavy (non-hydrogen) atoms. The minimum atomic E-state index is -2.16. The average molecular weight is 347 g/mol. The van der Waals surface area contributed by atoms with Gasteiger partial charge in [0.2, 0.25) is 0 Å². The van der Waals surface area contributed by atoms with Gasteiger partial charge in [0.15, 0.2) is 5.03 Å². The first-order valence-corrected chi connectivity index (χ1v) is 5.51. The molecule has 0 aromatic heterocycles. The van der Waals surface area contributed by atoms with Crippen LogP contribution in [0.2, 0.25) is 0 Å². The van der Waals surface area contributed by atoms with E-state index < -0.39 is 42.9 Å². The molecule has 0 spiro atoms. The molecule has 0 aliphatic carbocycles. The van der Waals surface area contributed by atoms with Crippen LogP contribution >= 0.6 is 0 Å². The van der Waals surface area contributed by atoms with Crippen molar-refractivity contribution in [1.29, 1.82) is 0 Å². The van der Waals surface area contributed by atoms with Crippen LogP contribution in [-0.2, 0) is 0 Å². The first-order valence-electron chi connectivity index (χ1n) is 5.51. The molecule has 0 bridgehead atoms. The molecule has 13 nitrogen and oxygen atoms in total. The summed E-state index contributed by atoms with van der Waals surface area (Å²) in [6, 6.07) is 1.39. The van der Waals surface area contributed by atoms with Crippen molar-refractivity contribution in [2.75, 3.05) is 7.05 Å². The molecule has 0 heterocycles. The highest BCUT2D eigenvalue weighted by Crippen LogP contribution is 2.34. The fraction of sp³-hybridized carbons (Fsp3) is 0.455. The normalized spacial score (nSPS) is 10.6. The number of aryl methyl sites for hydroxylation is 1. The number of nitro benzene ring substituents is 2. The molecule has 0 saturated carbocycles. The summed E-state index contributed by atoms with van der Waals surface area (Å²) in [5, 5.41) is 42.5. The van der Waals surface area contributed by atoms with E-state index in [4.69, 9.17) is 0 Å². The Morgan fingerprint density at radius 2 is 1.38 bits per heavy atom. The zero-order valence-corrected chi connectivity index (χ0v) is 11.2. The van der Waals surface area contributed by atoms with Crippen molar-refractivity contribution in [2.45, 2.75) is 27.9 Å². The largest absolute Gasteiger partial charge is 0.368 e. The van der Waals surface area contributed by atoms with Gasteiger partial charge in [0.05, 0.1) is 27.9 Å². The molecule has 0 aliphatic heterocycles. The molecule has 1 aromatic carbocycles. The zero-order chi connectivity index (χ0) is 17.2. The van der Waals surface area contributed by atoms with Crippen LogP contribution in [0.5, 0.6) is 0 Å². The number of nitrogens with zero attached hydrogens (tertiary/aromatic N) is 5. The molecule has 1 unspecified atom stereocenters. The summed E-state index contributed by atoms with van der Waals surface area (Å²) in [7, 11) is 0.772. The monoisotopic (exact) mass is 347 g/mol. The molecule has 1 aromatic rings. The maximum atomic E-state index is 11.1. The van der Waals surface area contributed by atoms with E-state index in [9.17, 15) is 40.5 Å². The zero-order valence-electron chi connectivity index (χ0n) is 11.2. The predicted octanol–water partition coefficient (Wildman–Crippen LogP) is 2.48. The summed E-state index contributed by atoms with van der Waals surface area (Å²) in [5.74, 6) is 0. The third-order valence-corrected chi connectivity index (χ3v) is 2.83. The van der Waals surface area contributed by atoms with Crippen LogP contribution in [-0.4, -0.2) is 31.9 Å². The lowest BCUT2D eigenvalue weighted by atomic mass is 10.0. The van der Waals surface area contributed by atoms with Crippen LogP contribution < -0.4 is 0 Å². The number of rotatable bonds is 6. The van der Waals surface area contributed by atoms with Crippen molar-refractivity contribution in [3.8, 4) is 0 Å². The Bertz CT molecular complexity index is 677. The van der Waals surface area contributed by atoms with Crippen LogP contribution in [0.3, 0.4) is 0 Å². The topological polar surface area (TPSA) is 176 Å². The van der Waals surface area contributed by atoms with Crippen molar-refractivity contribution in [2.24, 2.45) is 0 Å². The summed E-state index contributed by atoms with van der Waals surface area (Å²) in [6.07, 6.45) is -2.16. The SMILES string of the molecule is C.C.Cc1cc(C(N(C)[N+](=O)[O-])[N+](=O)[O-])c([N+](=O)[O-])cc1[N+](=O)[O-]. The third-order valence-electron chi connectivity index (χ3n) is 2.83. The molecule has 1 atom stereocenters. The van der Waals surface area contributed by atoms with E-state index >= 15 is 0 Å². The van der Waals surface area contributed by atoms with Gasteiger partial charge in [0.1, 0.15) is 5.56 Å². The van der Waals surface area contributed by atoms with Gasteiger partial charge in [-0.15, -0.1) is 0 Å². The second-order valence-electron chi connectivity index (χ2n) is 4.18. The van der Waals surface area contributed by atoms with Crippen LogP contribution in [0.15, 0.2) is 12.1 Å². The standard InChI is InChI=1S/C9H9N5O8.2CH4/c1-5-3-6(9(13(19)20)10(2)14(21)22)8(12(17)18)4-7(5)11(15)16;;/h3-4,9H,1-2H3;2*1H4. The van der Waals surface area contributed by atoms with Crippen molar-refractivity contribution < 1.29 is 19.8 Å². The quantitative estimate of drug-likeness (QED) is 0.424. The van der Waals surface area contributed by atoms with Gasteiger partial charge >= 0.3 is 6.17 Å². The molecule has 0 aliphatic rings. The van der Waals surface area contributed by atoms with E-state index in [1.807, 2.05) is 0 Å². The lowest BCUT2D eigenvalue weighted by Crippen LogP contribution is -2.35. The van der Waals surface area contributed by atoms with Gasteiger partial charge in [-0.25, -0.2) is 10.1 Å². The van der Waals surface area contributed by atoms with Crippen LogP contribution in [0, 0.1) is 47.4 Å². The maximum absolute atomic E-state index is 11.1. The van der Waals surface area contributed by atoms with Gasteiger partial charge in [-0.1, -0.05) is 19.9 Å². The maximum Gasteiger partial charge on any atom is 0.368 e. The molecule has 0 N–H and O–H groups in total. The third kappa shape index (κ3) is 4.31. The highest BCUT2D eigenvalue weighted by Gasteiger charge is 2.41. The molecule has 1 rings (SSSR count). The summed E-state index contributed by atoms with van der Waals surface area (Å²) in [6.45, 7) is 1.22. The Morgan fingerprint density at radius 3 is 1.71 bits per heavy atom. The highest BCUT2D eigenvalue weighted by molar-refractivity contribution is 5.54. The fourth-order valence-electron chi connectivity index (χ4n) is 1.81. The molecule has 0 radical (unpaired) electrons. The summed E-state index contributed by atoms with van der Waals surface area (Å²) >= 11 is 0. The van der Waals surface area contributed by atoms with Crippen molar-refractivity contribution in [3.05, 3.63) is 63.7 Å². The fourth-order valence-corrected chi connectivity index (χ4v) is 1.81. The van der Waals surface area contributed by atoms with E-state index in [0.29, 0.717) is 6.07 Å². The minimum absolute atomic E-state index is 0.